The van der Waals surface area contributed by atoms with E-state index < -0.39 is 0 Å². The maximum Gasteiger partial charge on any atom is -0.00992 e. The number of aryl methyl sites for hydroxylation is 2. The van der Waals surface area contributed by atoms with Crippen LogP contribution in [-0.4, -0.2) is 0 Å². The van der Waals surface area contributed by atoms with Crippen molar-refractivity contribution in [2.75, 3.05) is 0 Å². The molecule has 0 unspecified atom stereocenters. The first kappa shape index (κ1) is 18.0. The van der Waals surface area contributed by atoms with Crippen molar-refractivity contribution in [3.8, 4) is 22.3 Å². The van der Waals surface area contributed by atoms with Gasteiger partial charge in [0.05, 0.1) is 0 Å². The van der Waals surface area contributed by atoms with Gasteiger partial charge >= 0.3 is 0 Å². The molecular formula is C28H24. The monoisotopic (exact) mass is 360 g/mol. The lowest BCUT2D eigenvalue weighted by molar-refractivity contribution is 1.38. The molecule has 4 rings (SSSR count). The van der Waals surface area contributed by atoms with Gasteiger partial charge in [0.15, 0.2) is 0 Å². The van der Waals surface area contributed by atoms with Crippen molar-refractivity contribution in [3.05, 3.63) is 119 Å². The minimum atomic E-state index is 1.21. The van der Waals surface area contributed by atoms with Gasteiger partial charge in [0.1, 0.15) is 0 Å². The number of hydrogen-bond donors (Lipinski definition) is 0. The smallest absolute Gasteiger partial charge is 0.00992 e. The Bertz CT molecular complexity index is 1080. The Kier molecular flexibility index (Phi) is 5.21. The Hall–Kier alpha value is -3.38. The molecule has 0 aromatic heterocycles. The van der Waals surface area contributed by atoms with Crippen molar-refractivity contribution in [1.29, 1.82) is 0 Å². The van der Waals surface area contributed by atoms with Crippen LogP contribution >= 0.6 is 0 Å². The first-order valence-corrected chi connectivity index (χ1v) is 9.71. The van der Waals surface area contributed by atoms with Gasteiger partial charge in [-0.25, -0.2) is 0 Å². The fourth-order valence-electron chi connectivity index (χ4n) is 3.74. The summed E-state index contributed by atoms with van der Waals surface area (Å²) in [6, 6.07) is 34.5. The first-order valence-electron chi connectivity index (χ1n) is 9.71. The Morgan fingerprint density at radius 1 is 0.500 bits per heavy atom. The van der Waals surface area contributed by atoms with E-state index in [0.29, 0.717) is 0 Å². The highest BCUT2D eigenvalue weighted by Crippen LogP contribution is 2.34. The van der Waals surface area contributed by atoms with Crippen LogP contribution in [0.2, 0.25) is 0 Å². The highest BCUT2D eigenvalue weighted by atomic mass is 14.1. The summed E-state index contributed by atoms with van der Waals surface area (Å²) < 4.78 is 0. The topological polar surface area (TPSA) is 0 Å². The average Bonchev–Trinajstić information content (AvgIpc) is 2.73. The van der Waals surface area contributed by atoms with E-state index in [1.807, 2.05) is 0 Å². The van der Waals surface area contributed by atoms with Gasteiger partial charge in [-0.15, -0.1) is 0 Å². The third-order valence-corrected chi connectivity index (χ3v) is 4.97. The lowest BCUT2D eigenvalue weighted by atomic mass is 9.90. The second-order valence-electron chi connectivity index (χ2n) is 7.25. The molecule has 0 fully saturated rings. The highest BCUT2D eigenvalue weighted by molar-refractivity contribution is 5.90. The molecule has 4 aromatic rings. The van der Waals surface area contributed by atoms with Crippen molar-refractivity contribution in [3.63, 3.8) is 0 Å². The molecule has 0 aliphatic rings. The lowest BCUT2D eigenvalue weighted by Gasteiger charge is -2.14. The van der Waals surface area contributed by atoms with Crippen LogP contribution in [0.3, 0.4) is 0 Å². The maximum absolute atomic E-state index is 2.27. The van der Waals surface area contributed by atoms with Gasteiger partial charge in [0.2, 0.25) is 0 Å². The average molecular weight is 361 g/mol. The van der Waals surface area contributed by atoms with E-state index in [9.17, 15) is 0 Å². The van der Waals surface area contributed by atoms with Gasteiger partial charge in [0.25, 0.3) is 0 Å². The number of rotatable bonds is 4. The lowest BCUT2D eigenvalue weighted by Crippen LogP contribution is -1.90. The van der Waals surface area contributed by atoms with Crippen LogP contribution in [0.15, 0.2) is 97.1 Å². The van der Waals surface area contributed by atoms with Crippen molar-refractivity contribution in [2.45, 2.75) is 13.8 Å². The standard InChI is InChI=1S/C28H24/c1-21-18-22(2)20-25(19-21)27-15-9-14-26(24-12-7-4-8-13-24)28(27)17-16-23-10-5-3-6-11-23/h3-20H,1-2H3/b17-16+. The van der Waals surface area contributed by atoms with Crippen molar-refractivity contribution in [2.24, 2.45) is 0 Å². The van der Waals surface area contributed by atoms with Crippen molar-refractivity contribution < 1.29 is 0 Å². The summed E-state index contributed by atoms with van der Waals surface area (Å²) in [7, 11) is 0. The first-order chi connectivity index (χ1) is 13.7. The fraction of sp³-hybridized carbons (Fsp3) is 0.0714. The molecule has 0 saturated heterocycles. The predicted molar refractivity (Wildman–Crippen MR) is 122 cm³/mol. The molecule has 0 atom stereocenters. The molecule has 0 N–H and O–H groups in total. The van der Waals surface area contributed by atoms with E-state index in [1.54, 1.807) is 0 Å². The summed E-state index contributed by atoms with van der Waals surface area (Å²) >= 11 is 0. The molecule has 0 aliphatic carbocycles. The minimum Gasteiger partial charge on any atom is -0.0622 e. The minimum absolute atomic E-state index is 1.21. The molecule has 0 heteroatoms. The number of benzene rings is 4. The van der Waals surface area contributed by atoms with Crippen LogP contribution in [0, 0.1) is 13.8 Å². The van der Waals surface area contributed by atoms with Gasteiger partial charge in [-0.3, -0.25) is 0 Å². The zero-order valence-corrected chi connectivity index (χ0v) is 16.4. The molecular weight excluding hydrogens is 336 g/mol. The summed E-state index contributed by atoms with van der Waals surface area (Å²) in [6.45, 7) is 4.33. The molecule has 0 amide bonds. The second kappa shape index (κ2) is 8.10. The van der Waals surface area contributed by atoms with Crippen LogP contribution in [0.1, 0.15) is 22.3 Å². The molecule has 4 aromatic carbocycles. The molecule has 0 nitrogen and oxygen atoms in total. The summed E-state index contributed by atoms with van der Waals surface area (Å²) in [5, 5.41) is 0. The largest absolute Gasteiger partial charge is 0.0622 e. The maximum atomic E-state index is 2.27. The summed E-state index contributed by atoms with van der Waals surface area (Å²) in [6.07, 6.45) is 4.46. The van der Waals surface area contributed by atoms with E-state index in [-0.39, 0.29) is 0 Å². The Labute approximate surface area is 167 Å². The zero-order chi connectivity index (χ0) is 19.3. The molecule has 0 aliphatic heterocycles. The molecule has 28 heavy (non-hydrogen) atoms. The van der Waals surface area contributed by atoms with Crippen molar-refractivity contribution >= 4 is 12.2 Å². The van der Waals surface area contributed by atoms with Crippen molar-refractivity contribution in [1.82, 2.24) is 0 Å². The van der Waals surface area contributed by atoms with E-state index >= 15 is 0 Å². The van der Waals surface area contributed by atoms with Crippen LogP contribution < -0.4 is 0 Å². The molecule has 136 valence electrons. The summed E-state index contributed by atoms with van der Waals surface area (Å²) in [5.41, 5.74) is 10.1. The SMILES string of the molecule is Cc1cc(C)cc(-c2cccc(-c3ccccc3)c2/C=C/c2ccccc2)c1. The molecule has 0 saturated carbocycles. The normalized spacial score (nSPS) is 11.1. The van der Waals surface area contributed by atoms with Gasteiger partial charge in [-0.2, -0.15) is 0 Å². The van der Waals surface area contributed by atoms with Gasteiger partial charge in [-0.1, -0.05) is 120 Å². The van der Waals surface area contributed by atoms with Crippen LogP contribution in [0.4, 0.5) is 0 Å². The van der Waals surface area contributed by atoms with Gasteiger partial charge in [-0.05, 0) is 47.2 Å². The molecule has 0 bridgehead atoms. The number of hydrogen-bond acceptors (Lipinski definition) is 0. The van der Waals surface area contributed by atoms with Gasteiger partial charge < -0.3 is 0 Å². The quantitative estimate of drug-likeness (QED) is 0.326. The highest BCUT2D eigenvalue weighted by Gasteiger charge is 2.10. The van der Waals surface area contributed by atoms with Crippen LogP contribution in [0.5, 0.6) is 0 Å². The molecule has 0 radical (unpaired) electrons. The molecule has 0 spiro atoms. The van der Waals surface area contributed by atoms with Crippen LogP contribution in [-0.2, 0) is 0 Å². The molecule has 0 heterocycles. The zero-order valence-electron chi connectivity index (χ0n) is 16.4. The van der Waals surface area contributed by atoms with Crippen LogP contribution in [0.25, 0.3) is 34.4 Å². The summed E-state index contributed by atoms with van der Waals surface area (Å²) in [4.78, 5) is 0. The van der Waals surface area contributed by atoms with E-state index in [1.165, 1.54) is 44.5 Å². The third-order valence-electron chi connectivity index (χ3n) is 4.97. The van der Waals surface area contributed by atoms with E-state index in [4.69, 9.17) is 0 Å². The Morgan fingerprint density at radius 2 is 1.07 bits per heavy atom. The third kappa shape index (κ3) is 3.97. The second-order valence-corrected chi connectivity index (χ2v) is 7.25. The predicted octanol–water partition coefficient (Wildman–Crippen LogP) is 7.81. The summed E-state index contributed by atoms with van der Waals surface area (Å²) in [5.74, 6) is 0. The van der Waals surface area contributed by atoms with E-state index in [2.05, 4.69) is 123 Å². The fourth-order valence-corrected chi connectivity index (χ4v) is 3.74. The Morgan fingerprint density at radius 3 is 1.71 bits per heavy atom. The van der Waals surface area contributed by atoms with E-state index in [0.717, 1.165) is 0 Å². The van der Waals surface area contributed by atoms with Gasteiger partial charge in [0, 0.05) is 0 Å². The Balaban J connectivity index is 1.92.